The van der Waals surface area contributed by atoms with Crippen LogP contribution < -0.4 is 5.73 Å². The number of benzene rings is 1. The minimum absolute atomic E-state index is 0.0414. The van der Waals surface area contributed by atoms with E-state index >= 15 is 0 Å². The van der Waals surface area contributed by atoms with E-state index in [0.29, 0.717) is 6.54 Å². The first-order valence-corrected chi connectivity index (χ1v) is 12.8. The van der Waals surface area contributed by atoms with Gasteiger partial charge in [0.15, 0.2) is 9.84 Å². The molecule has 0 spiro atoms. The molecule has 0 atom stereocenters. The Hall–Kier alpha value is -2.97. The predicted molar refractivity (Wildman–Crippen MR) is 126 cm³/mol. The summed E-state index contributed by atoms with van der Waals surface area (Å²) in [4.78, 5) is 21.8. The molecule has 0 saturated heterocycles. The van der Waals surface area contributed by atoms with E-state index in [0.717, 1.165) is 19.3 Å². The summed E-state index contributed by atoms with van der Waals surface area (Å²) in [6, 6.07) is 5.47. The molecular weight excluding hydrogens is 527 g/mol. The minimum Gasteiger partial charge on any atom is -0.463 e. The summed E-state index contributed by atoms with van der Waals surface area (Å²) in [5.74, 6) is -1.54. The van der Waals surface area contributed by atoms with Crippen molar-refractivity contribution < 1.29 is 35.6 Å². The molecule has 0 unspecified atom stereocenters. The number of carbonyl (C=O) groups is 1. The van der Waals surface area contributed by atoms with Crippen LogP contribution in [0.5, 0.6) is 0 Å². The van der Waals surface area contributed by atoms with E-state index < -0.39 is 50.8 Å². The van der Waals surface area contributed by atoms with Gasteiger partial charge in [-0.1, -0.05) is 36.7 Å². The Bertz CT molecular complexity index is 1240. The van der Waals surface area contributed by atoms with Gasteiger partial charge in [0, 0.05) is 18.4 Å². The van der Waals surface area contributed by atoms with Crippen LogP contribution in [-0.4, -0.2) is 80.4 Å². The van der Waals surface area contributed by atoms with Crippen LogP contribution in [0.4, 0.5) is 13.2 Å². The smallest absolute Gasteiger partial charge is 0.432 e. The van der Waals surface area contributed by atoms with Crippen LogP contribution >= 0.6 is 11.6 Å². The van der Waals surface area contributed by atoms with Gasteiger partial charge in [-0.2, -0.15) is 18.2 Å². The van der Waals surface area contributed by atoms with Gasteiger partial charge in [0.1, 0.15) is 24.6 Å². The fourth-order valence-electron chi connectivity index (χ4n) is 2.80. The number of nitrogens with two attached hydrogens (primary N) is 1. The second-order valence-corrected chi connectivity index (χ2v) is 9.75. The lowest BCUT2D eigenvalue weighted by atomic mass is 10.2. The van der Waals surface area contributed by atoms with Gasteiger partial charge in [-0.05, 0) is 31.3 Å². The Kier molecular flexibility index (Phi) is 10.0. The van der Waals surface area contributed by atoms with Gasteiger partial charge >= 0.3 is 12.1 Å². The molecule has 2 rings (SSSR count). The number of esters is 1. The van der Waals surface area contributed by atoms with Gasteiger partial charge in [-0.15, -0.1) is 0 Å². The molecule has 0 bridgehead atoms. The zero-order valence-electron chi connectivity index (χ0n) is 19.7. The molecule has 10 nitrogen and oxygen atoms in total. The van der Waals surface area contributed by atoms with E-state index in [1.807, 2.05) is 18.7 Å². The normalized spacial score (nSPS) is 13.6. The van der Waals surface area contributed by atoms with Crippen molar-refractivity contribution in [3.05, 3.63) is 40.8 Å². The number of aromatic nitrogens is 2. The molecule has 2 aromatic rings. The SMILES string of the molecule is CCN(CC)CCOC(=O)CN=C(C(Cl)=C(N)C(F)(F)F)c1noc(-c2cccc(S(C)(=O)=O)c2)n1. The highest BCUT2D eigenvalue weighted by molar-refractivity contribution is 7.90. The van der Waals surface area contributed by atoms with Crippen LogP contribution in [0.25, 0.3) is 11.5 Å². The number of ether oxygens (including phenoxy) is 1. The molecule has 1 aromatic heterocycles. The molecule has 198 valence electrons. The Morgan fingerprint density at radius 3 is 2.53 bits per heavy atom. The molecule has 2 N–H and O–H groups in total. The lowest BCUT2D eigenvalue weighted by molar-refractivity contribution is -0.142. The van der Waals surface area contributed by atoms with Crippen molar-refractivity contribution >= 4 is 33.1 Å². The summed E-state index contributed by atoms with van der Waals surface area (Å²) in [5, 5.41) is 2.54. The fraction of sp³-hybridized carbons (Fsp3) is 0.429. The largest absolute Gasteiger partial charge is 0.463 e. The van der Waals surface area contributed by atoms with Crippen molar-refractivity contribution in [2.24, 2.45) is 10.7 Å². The van der Waals surface area contributed by atoms with Gasteiger partial charge in [0.05, 0.1) is 9.93 Å². The van der Waals surface area contributed by atoms with Crippen molar-refractivity contribution in [2.45, 2.75) is 24.9 Å². The molecule has 0 aliphatic rings. The third-order valence-corrected chi connectivity index (χ3v) is 6.32. The number of carbonyl (C=O) groups excluding carboxylic acids is 1. The number of rotatable bonds is 11. The van der Waals surface area contributed by atoms with Gasteiger partial charge in [0.2, 0.25) is 5.82 Å². The van der Waals surface area contributed by atoms with E-state index in [4.69, 9.17) is 26.6 Å². The van der Waals surface area contributed by atoms with Crippen LogP contribution in [0.15, 0.2) is 49.4 Å². The molecule has 0 aliphatic carbocycles. The summed E-state index contributed by atoms with van der Waals surface area (Å²) in [7, 11) is -3.56. The van der Waals surface area contributed by atoms with Crippen LogP contribution in [-0.2, 0) is 19.4 Å². The zero-order chi connectivity index (χ0) is 27.1. The first-order valence-electron chi connectivity index (χ1n) is 10.6. The Balaban J connectivity index is 2.37. The first-order chi connectivity index (χ1) is 16.8. The summed E-state index contributed by atoms with van der Waals surface area (Å²) < 4.78 is 73.3. The number of likely N-dealkylation sites (N-methyl/N-ethyl adjacent to an activating group) is 1. The maximum atomic E-state index is 13.2. The van der Waals surface area contributed by atoms with E-state index in [1.165, 1.54) is 24.3 Å². The molecule has 0 radical (unpaired) electrons. The van der Waals surface area contributed by atoms with Crippen LogP contribution in [0.2, 0.25) is 0 Å². The third kappa shape index (κ3) is 8.03. The number of nitrogens with zero attached hydrogens (tertiary/aromatic N) is 4. The minimum atomic E-state index is -5.00. The number of sulfone groups is 1. The van der Waals surface area contributed by atoms with Gasteiger partial charge in [0.25, 0.3) is 5.89 Å². The molecule has 36 heavy (non-hydrogen) atoms. The Morgan fingerprint density at radius 1 is 1.28 bits per heavy atom. The van der Waals surface area contributed by atoms with Crippen LogP contribution in [0, 0.1) is 0 Å². The second-order valence-electron chi connectivity index (χ2n) is 7.36. The average molecular weight is 552 g/mol. The fourth-order valence-corrected chi connectivity index (χ4v) is 3.72. The zero-order valence-corrected chi connectivity index (χ0v) is 21.2. The topological polar surface area (TPSA) is 141 Å². The number of hydrogen-bond acceptors (Lipinski definition) is 10. The van der Waals surface area contributed by atoms with Crippen LogP contribution in [0.3, 0.4) is 0 Å². The number of alkyl halides is 3. The third-order valence-electron chi connectivity index (χ3n) is 4.83. The van der Waals surface area contributed by atoms with Gasteiger partial charge in [-0.25, -0.2) is 8.42 Å². The number of hydrogen-bond donors (Lipinski definition) is 1. The number of halogens is 4. The van der Waals surface area contributed by atoms with Crippen molar-refractivity contribution in [2.75, 3.05) is 39.0 Å². The van der Waals surface area contributed by atoms with Crippen molar-refractivity contribution in [3.63, 3.8) is 0 Å². The molecule has 0 fully saturated rings. The molecule has 1 aromatic carbocycles. The number of aliphatic imine (C=N–C) groups is 1. The van der Waals surface area contributed by atoms with E-state index in [-0.39, 0.29) is 23.0 Å². The number of allylic oxidation sites excluding steroid dienone is 2. The highest BCUT2D eigenvalue weighted by Crippen LogP contribution is 2.28. The monoisotopic (exact) mass is 551 g/mol. The summed E-state index contributed by atoms with van der Waals surface area (Å²) in [6.07, 6.45) is -4.00. The van der Waals surface area contributed by atoms with Crippen LogP contribution in [0.1, 0.15) is 19.7 Å². The van der Waals surface area contributed by atoms with Gasteiger partial charge < -0.3 is 19.9 Å². The predicted octanol–water partition coefficient (Wildman–Crippen LogP) is 2.79. The van der Waals surface area contributed by atoms with E-state index in [1.54, 1.807) is 0 Å². The summed E-state index contributed by atoms with van der Waals surface area (Å²) in [6.45, 7) is 5.22. The maximum Gasteiger partial charge on any atom is 0.432 e. The lowest BCUT2D eigenvalue weighted by Crippen LogP contribution is -2.28. The molecular formula is C21H25ClF3N5O5S. The van der Waals surface area contributed by atoms with E-state index in [2.05, 4.69) is 15.1 Å². The van der Waals surface area contributed by atoms with Crippen molar-refractivity contribution in [3.8, 4) is 11.5 Å². The Labute approximate surface area is 210 Å². The first kappa shape index (κ1) is 29.3. The van der Waals surface area contributed by atoms with E-state index in [9.17, 15) is 26.4 Å². The molecule has 15 heteroatoms. The molecule has 1 heterocycles. The second kappa shape index (κ2) is 12.3. The maximum absolute atomic E-state index is 13.2. The molecule has 0 aliphatic heterocycles. The molecule has 0 amide bonds. The van der Waals surface area contributed by atoms with Gasteiger partial charge in [-0.3, -0.25) is 9.79 Å². The molecule has 0 saturated carbocycles. The quantitative estimate of drug-likeness (QED) is 0.329. The average Bonchev–Trinajstić information content (AvgIpc) is 3.30. The highest BCUT2D eigenvalue weighted by Gasteiger charge is 2.36. The summed E-state index contributed by atoms with van der Waals surface area (Å²) >= 11 is 5.87. The lowest BCUT2D eigenvalue weighted by Gasteiger charge is -2.17. The summed E-state index contributed by atoms with van der Waals surface area (Å²) in [5.41, 5.74) is 2.98. The van der Waals surface area contributed by atoms with Crippen molar-refractivity contribution in [1.82, 2.24) is 15.0 Å². The Morgan fingerprint density at radius 2 is 1.94 bits per heavy atom. The highest BCUT2D eigenvalue weighted by atomic mass is 35.5. The van der Waals surface area contributed by atoms with Crippen molar-refractivity contribution in [1.29, 1.82) is 0 Å². The standard InChI is InChI=1S/C21H25ClF3N5O5S/c1-4-30(5-2)9-10-34-15(31)12-27-17(16(22)18(26)21(23,24)25)19-28-20(35-29-19)13-7-6-8-14(11-13)36(3,32)33/h6-8,11H,4-5,9-10,12,26H2,1-3H3.